The van der Waals surface area contributed by atoms with E-state index in [4.69, 9.17) is 0 Å². The second-order valence-corrected chi connectivity index (χ2v) is 6.44. The SMILES string of the molecule is CC[C@@H](C(=O)Nc1ccc(C(=O)N2CCCC2)cc1)c1ccccc1. The number of rotatable bonds is 5. The van der Waals surface area contributed by atoms with Crippen LogP contribution in [0.3, 0.4) is 0 Å². The van der Waals surface area contributed by atoms with Crippen molar-refractivity contribution >= 4 is 17.5 Å². The third kappa shape index (κ3) is 4.08. The predicted octanol–water partition coefficient (Wildman–Crippen LogP) is 4.05. The number of nitrogens with one attached hydrogen (secondary N) is 1. The first-order valence-corrected chi connectivity index (χ1v) is 8.94. The van der Waals surface area contributed by atoms with Crippen molar-refractivity contribution in [1.82, 2.24) is 4.90 Å². The first-order chi connectivity index (χ1) is 12.2. The molecule has 25 heavy (non-hydrogen) atoms. The van der Waals surface area contributed by atoms with E-state index in [9.17, 15) is 9.59 Å². The summed E-state index contributed by atoms with van der Waals surface area (Å²) >= 11 is 0. The van der Waals surface area contributed by atoms with Crippen LogP contribution >= 0.6 is 0 Å². The zero-order chi connectivity index (χ0) is 17.6. The molecule has 0 aromatic heterocycles. The van der Waals surface area contributed by atoms with Crippen LogP contribution in [0.5, 0.6) is 0 Å². The Morgan fingerprint density at radius 3 is 2.24 bits per heavy atom. The standard InChI is InChI=1S/C21H24N2O2/c1-2-19(16-8-4-3-5-9-16)20(24)22-18-12-10-17(11-13-18)21(25)23-14-6-7-15-23/h3-5,8-13,19H,2,6-7,14-15H2,1H3,(H,22,24)/t19-/m1/s1. The van der Waals surface area contributed by atoms with Gasteiger partial charge in [0.05, 0.1) is 5.92 Å². The quantitative estimate of drug-likeness (QED) is 0.895. The molecule has 1 aliphatic rings. The molecular formula is C21H24N2O2. The van der Waals surface area contributed by atoms with Gasteiger partial charge in [-0.3, -0.25) is 9.59 Å². The van der Waals surface area contributed by atoms with Gasteiger partial charge in [-0.05, 0) is 49.1 Å². The third-order valence-corrected chi connectivity index (χ3v) is 4.72. The van der Waals surface area contributed by atoms with Gasteiger partial charge >= 0.3 is 0 Å². The molecule has 0 aliphatic carbocycles. The molecule has 2 aromatic rings. The Hall–Kier alpha value is -2.62. The highest BCUT2D eigenvalue weighted by Crippen LogP contribution is 2.22. The topological polar surface area (TPSA) is 49.4 Å². The highest BCUT2D eigenvalue weighted by Gasteiger charge is 2.20. The van der Waals surface area contributed by atoms with Gasteiger partial charge in [0.15, 0.2) is 0 Å². The lowest BCUT2D eigenvalue weighted by atomic mass is 9.95. The van der Waals surface area contributed by atoms with E-state index in [-0.39, 0.29) is 17.7 Å². The second-order valence-electron chi connectivity index (χ2n) is 6.44. The Kier molecular flexibility index (Phi) is 5.49. The maximum Gasteiger partial charge on any atom is 0.253 e. The predicted molar refractivity (Wildman–Crippen MR) is 99.7 cm³/mol. The smallest absolute Gasteiger partial charge is 0.253 e. The number of hydrogen-bond donors (Lipinski definition) is 1. The first kappa shape index (κ1) is 17.2. The summed E-state index contributed by atoms with van der Waals surface area (Å²) in [7, 11) is 0. The number of carbonyl (C=O) groups is 2. The maximum atomic E-state index is 12.6. The van der Waals surface area contributed by atoms with Crippen LogP contribution in [0.25, 0.3) is 0 Å². The number of amides is 2. The van der Waals surface area contributed by atoms with Gasteiger partial charge in [0.1, 0.15) is 0 Å². The molecule has 2 aromatic carbocycles. The summed E-state index contributed by atoms with van der Waals surface area (Å²) in [6, 6.07) is 17.0. The van der Waals surface area contributed by atoms with Crippen molar-refractivity contribution < 1.29 is 9.59 Å². The molecule has 0 radical (unpaired) electrons. The molecule has 4 heteroatoms. The lowest BCUT2D eigenvalue weighted by Gasteiger charge is -2.17. The number of anilines is 1. The lowest BCUT2D eigenvalue weighted by molar-refractivity contribution is -0.117. The van der Waals surface area contributed by atoms with Crippen molar-refractivity contribution in [3.63, 3.8) is 0 Å². The average molecular weight is 336 g/mol. The number of nitrogens with zero attached hydrogens (tertiary/aromatic N) is 1. The summed E-state index contributed by atoms with van der Waals surface area (Å²) in [5.41, 5.74) is 2.41. The van der Waals surface area contributed by atoms with Gasteiger partial charge in [0, 0.05) is 24.3 Å². The molecule has 0 saturated carbocycles. The molecule has 1 heterocycles. The molecule has 1 N–H and O–H groups in total. The number of benzene rings is 2. The van der Waals surface area contributed by atoms with Crippen LogP contribution in [-0.4, -0.2) is 29.8 Å². The van der Waals surface area contributed by atoms with E-state index < -0.39 is 0 Å². The van der Waals surface area contributed by atoms with E-state index in [2.05, 4.69) is 5.32 Å². The van der Waals surface area contributed by atoms with Crippen molar-refractivity contribution in [2.75, 3.05) is 18.4 Å². The fourth-order valence-electron chi connectivity index (χ4n) is 3.29. The molecule has 0 bridgehead atoms. The number of carbonyl (C=O) groups excluding carboxylic acids is 2. The van der Waals surface area contributed by atoms with Crippen LogP contribution in [0.2, 0.25) is 0 Å². The van der Waals surface area contributed by atoms with E-state index in [1.165, 1.54) is 0 Å². The average Bonchev–Trinajstić information content (AvgIpc) is 3.18. The zero-order valence-corrected chi connectivity index (χ0v) is 14.6. The minimum absolute atomic E-state index is 0.0210. The Balaban J connectivity index is 1.66. The van der Waals surface area contributed by atoms with E-state index >= 15 is 0 Å². The van der Waals surface area contributed by atoms with Crippen molar-refractivity contribution in [1.29, 1.82) is 0 Å². The van der Waals surface area contributed by atoms with Gasteiger partial charge < -0.3 is 10.2 Å². The molecule has 1 fully saturated rings. The largest absolute Gasteiger partial charge is 0.339 e. The van der Waals surface area contributed by atoms with Gasteiger partial charge in [-0.2, -0.15) is 0 Å². The fourth-order valence-corrected chi connectivity index (χ4v) is 3.29. The summed E-state index contributed by atoms with van der Waals surface area (Å²) in [6.07, 6.45) is 2.90. The van der Waals surface area contributed by atoms with Crippen LogP contribution in [0.1, 0.15) is 48.0 Å². The molecule has 130 valence electrons. The Labute approximate surface area is 148 Å². The maximum absolute atomic E-state index is 12.6. The first-order valence-electron chi connectivity index (χ1n) is 8.94. The van der Waals surface area contributed by atoms with Gasteiger partial charge in [-0.1, -0.05) is 37.3 Å². The molecule has 2 amide bonds. The third-order valence-electron chi connectivity index (χ3n) is 4.72. The Bertz CT molecular complexity index is 719. The minimum atomic E-state index is -0.174. The van der Waals surface area contributed by atoms with E-state index in [1.807, 2.05) is 42.2 Å². The normalized spacial score (nSPS) is 15.0. The van der Waals surface area contributed by atoms with Crippen molar-refractivity contribution in [2.24, 2.45) is 0 Å². The summed E-state index contributed by atoms with van der Waals surface area (Å²) < 4.78 is 0. The number of likely N-dealkylation sites (tertiary alicyclic amines) is 1. The van der Waals surface area contributed by atoms with E-state index in [1.54, 1.807) is 24.3 Å². The lowest BCUT2D eigenvalue weighted by Crippen LogP contribution is -2.27. The molecule has 3 rings (SSSR count). The van der Waals surface area contributed by atoms with Gasteiger partial charge in [0.2, 0.25) is 5.91 Å². The summed E-state index contributed by atoms with van der Waals surface area (Å²) in [4.78, 5) is 26.8. The van der Waals surface area contributed by atoms with Crippen LogP contribution < -0.4 is 5.32 Å². The van der Waals surface area contributed by atoms with Gasteiger partial charge in [-0.25, -0.2) is 0 Å². The molecule has 0 spiro atoms. The van der Waals surface area contributed by atoms with Crippen molar-refractivity contribution in [2.45, 2.75) is 32.1 Å². The monoisotopic (exact) mass is 336 g/mol. The van der Waals surface area contributed by atoms with E-state index in [0.717, 1.165) is 43.6 Å². The van der Waals surface area contributed by atoms with E-state index in [0.29, 0.717) is 5.56 Å². The fraction of sp³-hybridized carbons (Fsp3) is 0.333. The van der Waals surface area contributed by atoms with Crippen LogP contribution in [-0.2, 0) is 4.79 Å². The molecular weight excluding hydrogens is 312 g/mol. The van der Waals surface area contributed by atoms with Crippen LogP contribution in [0, 0.1) is 0 Å². The van der Waals surface area contributed by atoms with Crippen LogP contribution in [0.15, 0.2) is 54.6 Å². The Morgan fingerprint density at radius 2 is 1.64 bits per heavy atom. The minimum Gasteiger partial charge on any atom is -0.339 e. The summed E-state index contributed by atoms with van der Waals surface area (Å²) in [5.74, 6) is -0.120. The molecule has 1 saturated heterocycles. The molecule has 4 nitrogen and oxygen atoms in total. The Morgan fingerprint density at radius 1 is 1.00 bits per heavy atom. The van der Waals surface area contributed by atoms with Crippen molar-refractivity contribution in [3.05, 3.63) is 65.7 Å². The number of hydrogen-bond acceptors (Lipinski definition) is 2. The highest BCUT2D eigenvalue weighted by molar-refractivity contribution is 5.97. The highest BCUT2D eigenvalue weighted by atomic mass is 16.2. The zero-order valence-electron chi connectivity index (χ0n) is 14.6. The molecule has 1 aliphatic heterocycles. The molecule has 0 unspecified atom stereocenters. The summed E-state index contributed by atoms with van der Waals surface area (Å²) in [5, 5.41) is 2.96. The summed E-state index contributed by atoms with van der Waals surface area (Å²) in [6.45, 7) is 3.69. The van der Waals surface area contributed by atoms with Gasteiger partial charge in [0.25, 0.3) is 5.91 Å². The van der Waals surface area contributed by atoms with Crippen LogP contribution in [0.4, 0.5) is 5.69 Å². The second kappa shape index (κ2) is 7.97. The van der Waals surface area contributed by atoms with Crippen molar-refractivity contribution in [3.8, 4) is 0 Å². The van der Waals surface area contributed by atoms with Gasteiger partial charge in [-0.15, -0.1) is 0 Å². The molecule has 1 atom stereocenters.